The number of anilines is 1. The van der Waals surface area contributed by atoms with Crippen molar-refractivity contribution in [1.82, 2.24) is 0 Å². The summed E-state index contributed by atoms with van der Waals surface area (Å²) in [6, 6.07) is 24.5. The van der Waals surface area contributed by atoms with Crippen molar-refractivity contribution in [2.75, 3.05) is 11.0 Å². The third-order valence-corrected chi connectivity index (χ3v) is 9.01. The van der Waals surface area contributed by atoms with E-state index in [1.807, 2.05) is 31.2 Å². The molecule has 4 aromatic carbocycles. The number of nitrogens with one attached hydrogen (secondary N) is 1. The number of halogens is 1. The van der Waals surface area contributed by atoms with E-state index in [1.54, 1.807) is 31.2 Å². The minimum Gasteiger partial charge on any atom is -0.455 e. The SMILES string of the molecule is CCC(=O)c1c(-c2ccc(F)cc2)oc2cc(NS(C)(=O)=O)c(-c3cc(C(=O)CC4(c5ccccc5)CC4)ccc3C)cc12. The first kappa shape index (κ1) is 29.5. The molecule has 0 bridgehead atoms. The highest BCUT2D eigenvalue weighted by Crippen LogP contribution is 2.51. The van der Waals surface area contributed by atoms with Crippen molar-refractivity contribution in [1.29, 1.82) is 0 Å². The molecule has 44 heavy (non-hydrogen) atoms. The average molecular weight is 610 g/mol. The predicted octanol–water partition coefficient (Wildman–Crippen LogP) is 8.48. The average Bonchev–Trinajstić information content (AvgIpc) is 3.69. The number of carbonyl (C=O) groups excluding carboxylic acids is 2. The highest BCUT2D eigenvalue weighted by Gasteiger charge is 2.45. The molecule has 8 heteroatoms. The monoisotopic (exact) mass is 609 g/mol. The van der Waals surface area contributed by atoms with Crippen molar-refractivity contribution >= 4 is 38.2 Å². The Balaban J connectivity index is 1.50. The summed E-state index contributed by atoms with van der Waals surface area (Å²) >= 11 is 0. The lowest BCUT2D eigenvalue weighted by atomic mass is 9.87. The molecule has 6 nitrogen and oxygen atoms in total. The number of furan rings is 1. The fourth-order valence-corrected chi connectivity index (χ4v) is 6.48. The molecule has 0 aliphatic heterocycles. The second-order valence-corrected chi connectivity index (χ2v) is 13.4. The molecule has 1 aliphatic rings. The van der Waals surface area contributed by atoms with Crippen molar-refractivity contribution in [3.05, 3.63) is 113 Å². The van der Waals surface area contributed by atoms with Crippen LogP contribution in [0.25, 0.3) is 33.4 Å². The number of Topliss-reactive ketones (excluding diaryl/α,β-unsaturated/α-hetero) is 2. The van der Waals surface area contributed by atoms with E-state index >= 15 is 0 Å². The van der Waals surface area contributed by atoms with Crippen LogP contribution in [0.2, 0.25) is 0 Å². The zero-order valence-electron chi connectivity index (χ0n) is 24.7. The Labute approximate surface area is 256 Å². The molecular formula is C36H32FNO5S. The quantitative estimate of drug-likeness (QED) is 0.160. The standard InChI is InChI=1S/C36H32FNO5S/c1-4-31(39)34-29-19-28(30(38-44(3,41)42)20-33(29)43-35(34)23-12-14-26(37)15-13-23)27-18-24(11-10-22(27)2)32(40)21-36(16-17-36)25-8-6-5-7-9-25/h5-15,18-20,38H,4,16-17,21H2,1-3H3. The molecule has 0 atom stereocenters. The van der Waals surface area contributed by atoms with E-state index in [4.69, 9.17) is 4.42 Å². The smallest absolute Gasteiger partial charge is 0.229 e. The molecule has 1 fully saturated rings. The molecule has 0 spiro atoms. The van der Waals surface area contributed by atoms with Gasteiger partial charge in [-0.25, -0.2) is 12.8 Å². The van der Waals surface area contributed by atoms with E-state index < -0.39 is 15.8 Å². The van der Waals surface area contributed by atoms with Crippen LogP contribution in [0, 0.1) is 12.7 Å². The van der Waals surface area contributed by atoms with Crippen molar-refractivity contribution in [3.63, 3.8) is 0 Å². The van der Waals surface area contributed by atoms with Crippen LogP contribution in [-0.4, -0.2) is 26.2 Å². The number of rotatable bonds is 10. The predicted molar refractivity (Wildman–Crippen MR) is 171 cm³/mol. The number of aryl methyl sites for hydroxylation is 1. The van der Waals surface area contributed by atoms with Crippen molar-refractivity contribution in [2.24, 2.45) is 0 Å². The summed E-state index contributed by atoms with van der Waals surface area (Å²) in [5, 5.41) is 0.502. The molecule has 1 aromatic heterocycles. The number of hydrogen-bond donors (Lipinski definition) is 1. The Morgan fingerprint density at radius 2 is 1.61 bits per heavy atom. The van der Waals surface area contributed by atoms with Crippen LogP contribution in [0.3, 0.4) is 0 Å². The molecule has 5 aromatic rings. The van der Waals surface area contributed by atoms with Gasteiger partial charge in [-0.1, -0.05) is 49.4 Å². The lowest BCUT2D eigenvalue weighted by Gasteiger charge is -2.17. The number of carbonyl (C=O) groups is 2. The Bertz CT molecular complexity index is 2030. The Morgan fingerprint density at radius 1 is 0.909 bits per heavy atom. The van der Waals surface area contributed by atoms with Crippen LogP contribution in [0.15, 0.2) is 89.3 Å². The fraction of sp³-hybridized carbons (Fsp3) is 0.222. The van der Waals surface area contributed by atoms with E-state index in [9.17, 15) is 22.4 Å². The van der Waals surface area contributed by atoms with Crippen LogP contribution >= 0.6 is 0 Å². The summed E-state index contributed by atoms with van der Waals surface area (Å²) in [7, 11) is -3.71. The molecule has 6 rings (SSSR count). The highest BCUT2D eigenvalue weighted by molar-refractivity contribution is 7.92. The van der Waals surface area contributed by atoms with Gasteiger partial charge in [0.2, 0.25) is 10.0 Å². The summed E-state index contributed by atoms with van der Waals surface area (Å²) in [5.41, 5.74) is 4.95. The van der Waals surface area contributed by atoms with Gasteiger partial charge in [0.15, 0.2) is 11.6 Å². The Morgan fingerprint density at radius 3 is 2.25 bits per heavy atom. The molecular weight excluding hydrogens is 577 g/mol. The van der Waals surface area contributed by atoms with Gasteiger partial charge in [0.05, 0.1) is 17.5 Å². The Kier molecular flexibility index (Phi) is 7.49. The zero-order chi connectivity index (χ0) is 31.2. The van der Waals surface area contributed by atoms with Gasteiger partial charge in [-0.15, -0.1) is 0 Å². The van der Waals surface area contributed by atoms with Gasteiger partial charge in [-0.3, -0.25) is 14.3 Å². The molecule has 224 valence electrons. The first-order valence-electron chi connectivity index (χ1n) is 14.6. The van der Waals surface area contributed by atoms with Crippen LogP contribution in [0.1, 0.15) is 64.4 Å². The van der Waals surface area contributed by atoms with E-state index in [-0.39, 0.29) is 34.8 Å². The first-order chi connectivity index (χ1) is 21.0. The lowest BCUT2D eigenvalue weighted by Crippen LogP contribution is -2.14. The highest BCUT2D eigenvalue weighted by atomic mass is 32.2. The molecule has 1 saturated carbocycles. The van der Waals surface area contributed by atoms with Crippen molar-refractivity contribution < 1.29 is 26.8 Å². The topological polar surface area (TPSA) is 93.4 Å². The third kappa shape index (κ3) is 5.69. The van der Waals surface area contributed by atoms with E-state index in [0.717, 1.165) is 30.2 Å². The second-order valence-electron chi connectivity index (χ2n) is 11.6. The second kappa shape index (κ2) is 11.2. The number of sulfonamides is 1. The van der Waals surface area contributed by atoms with Crippen LogP contribution < -0.4 is 4.72 Å². The molecule has 1 aliphatic carbocycles. The summed E-state index contributed by atoms with van der Waals surface area (Å²) in [5.74, 6) is -0.300. The van der Waals surface area contributed by atoms with Crippen molar-refractivity contribution in [2.45, 2.75) is 44.9 Å². The number of fused-ring (bicyclic) bond motifs is 1. The van der Waals surface area contributed by atoms with Gasteiger partial charge >= 0.3 is 0 Å². The van der Waals surface area contributed by atoms with E-state index in [2.05, 4.69) is 16.9 Å². The van der Waals surface area contributed by atoms with Gasteiger partial charge in [-0.2, -0.15) is 0 Å². The maximum absolute atomic E-state index is 13.7. The fourth-order valence-electron chi connectivity index (χ4n) is 5.91. The zero-order valence-corrected chi connectivity index (χ0v) is 25.6. The summed E-state index contributed by atoms with van der Waals surface area (Å²) in [4.78, 5) is 27.0. The molecule has 0 radical (unpaired) electrons. The van der Waals surface area contributed by atoms with E-state index in [0.29, 0.717) is 45.2 Å². The molecule has 0 unspecified atom stereocenters. The molecule has 1 N–H and O–H groups in total. The van der Waals surface area contributed by atoms with Gasteiger partial charge < -0.3 is 4.42 Å². The van der Waals surface area contributed by atoms with Crippen LogP contribution in [0.5, 0.6) is 0 Å². The van der Waals surface area contributed by atoms with Crippen LogP contribution in [-0.2, 0) is 15.4 Å². The maximum atomic E-state index is 13.7. The van der Waals surface area contributed by atoms with E-state index in [1.165, 1.54) is 24.3 Å². The number of ketones is 2. The maximum Gasteiger partial charge on any atom is 0.229 e. The lowest BCUT2D eigenvalue weighted by molar-refractivity contribution is 0.0967. The Hall–Kier alpha value is -4.56. The van der Waals surface area contributed by atoms with Crippen LogP contribution in [0.4, 0.5) is 10.1 Å². The third-order valence-electron chi connectivity index (χ3n) is 8.42. The summed E-state index contributed by atoms with van der Waals surface area (Å²) in [6.07, 6.45) is 3.54. The van der Waals surface area contributed by atoms with Gasteiger partial charge in [0, 0.05) is 46.4 Å². The number of hydrogen-bond acceptors (Lipinski definition) is 5. The normalized spacial score (nSPS) is 14.0. The minimum atomic E-state index is -3.71. The molecule has 0 saturated heterocycles. The summed E-state index contributed by atoms with van der Waals surface area (Å²) < 4.78 is 47.4. The van der Waals surface area contributed by atoms with Crippen molar-refractivity contribution in [3.8, 4) is 22.5 Å². The summed E-state index contributed by atoms with van der Waals surface area (Å²) in [6.45, 7) is 3.64. The molecule has 0 amide bonds. The first-order valence-corrected chi connectivity index (χ1v) is 16.4. The number of benzene rings is 4. The largest absolute Gasteiger partial charge is 0.455 e. The van der Waals surface area contributed by atoms with Gasteiger partial charge in [0.25, 0.3) is 0 Å². The molecule has 1 heterocycles. The van der Waals surface area contributed by atoms with Gasteiger partial charge in [0.1, 0.15) is 17.2 Å². The minimum absolute atomic E-state index is 0.00932. The van der Waals surface area contributed by atoms with Gasteiger partial charge in [-0.05, 0) is 72.9 Å².